The van der Waals surface area contributed by atoms with Gasteiger partial charge in [-0.1, -0.05) is 36.4 Å². The Hall–Kier alpha value is -2.29. The molecule has 0 amide bonds. The van der Waals surface area contributed by atoms with E-state index in [-0.39, 0.29) is 0 Å². The standard InChI is InChI=1S/C17H19NO2/c1-12-8-13(2)10-15(9-12)18-11-16(17(19)20)14-6-4-3-5-7-14/h3-10,16,18H,11H2,1-2H3,(H,19,20). The van der Waals surface area contributed by atoms with Crippen molar-refractivity contribution in [3.63, 3.8) is 0 Å². The summed E-state index contributed by atoms with van der Waals surface area (Å²) in [5.41, 5.74) is 4.11. The van der Waals surface area contributed by atoms with E-state index < -0.39 is 11.9 Å². The van der Waals surface area contributed by atoms with Gasteiger partial charge in [-0.25, -0.2) is 0 Å². The molecular weight excluding hydrogens is 250 g/mol. The van der Waals surface area contributed by atoms with E-state index in [0.29, 0.717) is 6.54 Å². The van der Waals surface area contributed by atoms with E-state index in [1.807, 2.05) is 56.3 Å². The first-order valence-electron chi connectivity index (χ1n) is 6.66. The first kappa shape index (κ1) is 14.1. The maximum Gasteiger partial charge on any atom is 0.312 e. The monoisotopic (exact) mass is 269 g/mol. The Bertz CT molecular complexity index is 573. The second-order valence-corrected chi connectivity index (χ2v) is 5.06. The minimum absolute atomic E-state index is 0.377. The molecule has 3 heteroatoms. The van der Waals surface area contributed by atoms with Crippen molar-refractivity contribution in [2.45, 2.75) is 19.8 Å². The van der Waals surface area contributed by atoms with Crippen LogP contribution in [-0.2, 0) is 4.79 Å². The van der Waals surface area contributed by atoms with Crippen LogP contribution in [0.15, 0.2) is 48.5 Å². The van der Waals surface area contributed by atoms with Gasteiger partial charge in [0.05, 0.1) is 5.92 Å². The predicted molar refractivity (Wildman–Crippen MR) is 81.2 cm³/mol. The Balaban J connectivity index is 2.12. The molecule has 1 unspecified atom stereocenters. The minimum Gasteiger partial charge on any atom is -0.481 e. The van der Waals surface area contributed by atoms with Gasteiger partial charge in [-0.3, -0.25) is 4.79 Å². The second kappa shape index (κ2) is 6.24. The minimum atomic E-state index is -0.812. The molecule has 2 aromatic carbocycles. The van der Waals surface area contributed by atoms with Crippen molar-refractivity contribution >= 4 is 11.7 Å². The Labute approximate surface area is 119 Å². The van der Waals surface area contributed by atoms with Gasteiger partial charge in [-0.15, -0.1) is 0 Å². The van der Waals surface area contributed by atoms with Crippen molar-refractivity contribution in [3.05, 3.63) is 65.2 Å². The third kappa shape index (κ3) is 3.60. The van der Waals surface area contributed by atoms with E-state index in [2.05, 4.69) is 11.4 Å². The number of carboxylic acid groups (broad SMARTS) is 1. The molecule has 104 valence electrons. The van der Waals surface area contributed by atoms with Gasteiger partial charge in [0, 0.05) is 12.2 Å². The molecule has 0 saturated heterocycles. The summed E-state index contributed by atoms with van der Waals surface area (Å²) in [5.74, 6) is -1.36. The van der Waals surface area contributed by atoms with E-state index in [9.17, 15) is 9.90 Å². The Kier molecular flexibility index (Phi) is 4.41. The van der Waals surface area contributed by atoms with Gasteiger partial charge < -0.3 is 10.4 Å². The normalized spacial score (nSPS) is 11.9. The van der Waals surface area contributed by atoms with E-state index >= 15 is 0 Å². The molecule has 20 heavy (non-hydrogen) atoms. The lowest BCUT2D eigenvalue weighted by molar-refractivity contribution is -0.138. The Morgan fingerprint density at radius 2 is 1.70 bits per heavy atom. The van der Waals surface area contributed by atoms with Gasteiger partial charge in [-0.05, 0) is 42.7 Å². The number of hydrogen-bond acceptors (Lipinski definition) is 2. The van der Waals surface area contributed by atoms with E-state index in [0.717, 1.165) is 11.3 Å². The van der Waals surface area contributed by atoms with Crippen LogP contribution in [0.1, 0.15) is 22.6 Å². The van der Waals surface area contributed by atoms with Crippen molar-refractivity contribution in [2.24, 2.45) is 0 Å². The topological polar surface area (TPSA) is 49.3 Å². The molecule has 0 bridgehead atoms. The van der Waals surface area contributed by atoms with E-state index in [4.69, 9.17) is 0 Å². The molecule has 0 heterocycles. The summed E-state index contributed by atoms with van der Waals surface area (Å²) in [5, 5.41) is 12.6. The summed E-state index contributed by atoms with van der Waals surface area (Å²) in [7, 11) is 0. The first-order valence-corrected chi connectivity index (χ1v) is 6.66. The molecule has 0 aliphatic heterocycles. The van der Waals surface area contributed by atoms with Gasteiger partial charge in [0.15, 0.2) is 0 Å². The molecule has 0 fully saturated rings. The average molecular weight is 269 g/mol. The first-order chi connectivity index (χ1) is 9.56. The number of aryl methyl sites for hydroxylation is 2. The maximum absolute atomic E-state index is 11.4. The fourth-order valence-electron chi connectivity index (χ4n) is 2.33. The number of aliphatic carboxylic acids is 1. The molecule has 3 nitrogen and oxygen atoms in total. The fourth-order valence-corrected chi connectivity index (χ4v) is 2.33. The van der Waals surface area contributed by atoms with Gasteiger partial charge in [0.2, 0.25) is 0 Å². The average Bonchev–Trinajstić information content (AvgIpc) is 2.38. The molecule has 0 saturated carbocycles. The highest BCUT2D eigenvalue weighted by Gasteiger charge is 2.19. The van der Waals surface area contributed by atoms with Crippen molar-refractivity contribution < 1.29 is 9.90 Å². The molecule has 2 aromatic rings. The maximum atomic E-state index is 11.4. The van der Waals surface area contributed by atoms with Crippen molar-refractivity contribution in [2.75, 3.05) is 11.9 Å². The SMILES string of the molecule is Cc1cc(C)cc(NCC(C(=O)O)c2ccccc2)c1. The van der Waals surface area contributed by atoms with Gasteiger partial charge in [-0.2, -0.15) is 0 Å². The number of carboxylic acids is 1. The van der Waals surface area contributed by atoms with E-state index in [1.54, 1.807) is 0 Å². The molecule has 0 radical (unpaired) electrons. The Morgan fingerprint density at radius 3 is 2.25 bits per heavy atom. The summed E-state index contributed by atoms with van der Waals surface area (Å²) in [6.07, 6.45) is 0. The van der Waals surface area contributed by atoms with Crippen LogP contribution in [0.25, 0.3) is 0 Å². The molecule has 1 atom stereocenters. The van der Waals surface area contributed by atoms with Crippen LogP contribution < -0.4 is 5.32 Å². The van der Waals surface area contributed by atoms with Gasteiger partial charge >= 0.3 is 5.97 Å². The van der Waals surface area contributed by atoms with Crippen molar-refractivity contribution in [1.29, 1.82) is 0 Å². The van der Waals surface area contributed by atoms with Crippen LogP contribution in [-0.4, -0.2) is 17.6 Å². The molecule has 0 aliphatic rings. The lowest BCUT2D eigenvalue weighted by atomic mass is 9.99. The smallest absolute Gasteiger partial charge is 0.312 e. The summed E-state index contributed by atoms with van der Waals surface area (Å²) in [4.78, 5) is 11.4. The number of hydrogen-bond donors (Lipinski definition) is 2. The number of nitrogens with one attached hydrogen (secondary N) is 1. The fraction of sp³-hybridized carbons (Fsp3) is 0.235. The largest absolute Gasteiger partial charge is 0.481 e. The summed E-state index contributed by atoms with van der Waals surface area (Å²) in [6.45, 7) is 4.44. The quantitative estimate of drug-likeness (QED) is 0.872. The molecule has 0 spiro atoms. The molecule has 2 rings (SSSR count). The van der Waals surface area contributed by atoms with Crippen LogP contribution in [0, 0.1) is 13.8 Å². The van der Waals surface area contributed by atoms with Gasteiger partial charge in [0.1, 0.15) is 0 Å². The third-order valence-corrected chi connectivity index (χ3v) is 3.23. The van der Waals surface area contributed by atoms with Crippen LogP contribution >= 0.6 is 0 Å². The highest BCUT2D eigenvalue weighted by molar-refractivity contribution is 5.77. The van der Waals surface area contributed by atoms with Crippen molar-refractivity contribution in [3.8, 4) is 0 Å². The lowest BCUT2D eigenvalue weighted by Crippen LogP contribution is -2.20. The zero-order valence-corrected chi connectivity index (χ0v) is 11.8. The van der Waals surface area contributed by atoms with Crippen LogP contribution in [0.4, 0.5) is 5.69 Å². The highest BCUT2D eigenvalue weighted by atomic mass is 16.4. The molecular formula is C17H19NO2. The summed E-state index contributed by atoms with van der Waals surface area (Å²) in [6, 6.07) is 15.5. The predicted octanol–water partition coefficient (Wildman–Crippen LogP) is 3.58. The highest BCUT2D eigenvalue weighted by Crippen LogP contribution is 2.19. The van der Waals surface area contributed by atoms with Crippen molar-refractivity contribution in [1.82, 2.24) is 0 Å². The Morgan fingerprint density at radius 1 is 1.10 bits per heavy atom. The summed E-state index contributed by atoms with van der Waals surface area (Å²) < 4.78 is 0. The van der Waals surface area contributed by atoms with Crippen LogP contribution in [0.3, 0.4) is 0 Å². The molecule has 0 aromatic heterocycles. The zero-order valence-electron chi connectivity index (χ0n) is 11.8. The second-order valence-electron chi connectivity index (χ2n) is 5.06. The number of anilines is 1. The summed E-state index contributed by atoms with van der Waals surface area (Å²) >= 11 is 0. The third-order valence-electron chi connectivity index (χ3n) is 3.23. The number of benzene rings is 2. The van der Waals surface area contributed by atoms with Crippen LogP contribution in [0.5, 0.6) is 0 Å². The lowest BCUT2D eigenvalue weighted by Gasteiger charge is -2.15. The van der Waals surface area contributed by atoms with Gasteiger partial charge in [0.25, 0.3) is 0 Å². The van der Waals surface area contributed by atoms with E-state index in [1.165, 1.54) is 11.1 Å². The number of carbonyl (C=O) groups is 1. The molecule has 2 N–H and O–H groups in total. The van der Waals surface area contributed by atoms with Crippen LogP contribution in [0.2, 0.25) is 0 Å². The molecule has 0 aliphatic carbocycles. The number of rotatable bonds is 5. The zero-order chi connectivity index (χ0) is 14.5.